The van der Waals surface area contributed by atoms with Gasteiger partial charge in [0.25, 0.3) is 5.91 Å². The summed E-state index contributed by atoms with van der Waals surface area (Å²) in [7, 11) is 0. The predicted molar refractivity (Wildman–Crippen MR) is 126 cm³/mol. The molecule has 3 N–H and O–H groups in total. The minimum atomic E-state index is -0.387. The van der Waals surface area contributed by atoms with Crippen molar-refractivity contribution >= 4 is 22.9 Å². The lowest BCUT2D eigenvalue weighted by Crippen LogP contribution is -2.26. The summed E-state index contributed by atoms with van der Waals surface area (Å²) in [6, 6.07) is 18.9. The van der Waals surface area contributed by atoms with Crippen LogP contribution < -0.4 is 5.32 Å². The number of hydrogen-bond acceptors (Lipinski definition) is 3. The number of phenolic OH excluding ortho intramolecular Hbond substituents is 1. The fourth-order valence-electron chi connectivity index (χ4n) is 3.98. The first-order valence-electron chi connectivity index (χ1n) is 10.4. The minimum absolute atomic E-state index is 0.0647. The molecule has 1 amide bonds. The van der Waals surface area contributed by atoms with E-state index in [2.05, 4.69) is 10.3 Å². The van der Waals surface area contributed by atoms with Crippen molar-refractivity contribution in [1.29, 1.82) is 5.26 Å². The number of amides is 1. The summed E-state index contributed by atoms with van der Waals surface area (Å²) in [5.74, 6) is -0.186. The number of para-hydroxylation sites is 1. The maximum atomic E-state index is 12.6. The monoisotopic (exact) mass is 424 g/mol. The third-order valence-electron chi connectivity index (χ3n) is 5.60. The highest BCUT2D eigenvalue weighted by Gasteiger charge is 2.14. The molecule has 0 radical (unpaired) electrons. The van der Waals surface area contributed by atoms with Crippen LogP contribution in [0.25, 0.3) is 22.7 Å². The molecule has 32 heavy (non-hydrogen) atoms. The SMILES string of the molecule is Cc1cc(C=C(C#N)C(=O)NCCc2c[nH]c3ccccc23)c(C)n1-c1ccc(O)cc1. The van der Waals surface area contributed by atoms with Gasteiger partial charge < -0.3 is 20.0 Å². The number of benzene rings is 2. The van der Waals surface area contributed by atoms with Crippen LogP contribution in [-0.2, 0) is 11.2 Å². The molecule has 0 fully saturated rings. The molecule has 0 aliphatic carbocycles. The quantitative estimate of drug-likeness (QED) is 0.313. The van der Waals surface area contributed by atoms with E-state index < -0.39 is 0 Å². The van der Waals surface area contributed by atoms with E-state index in [1.807, 2.05) is 73.1 Å². The average molecular weight is 425 g/mol. The van der Waals surface area contributed by atoms with Gasteiger partial charge in [-0.15, -0.1) is 0 Å². The Kier molecular flexibility index (Phi) is 5.82. The number of phenols is 1. The number of aryl methyl sites for hydroxylation is 1. The zero-order valence-electron chi connectivity index (χ0n) is 18.0. The van der Waals surface area contributed by atoms with Gasteiger partial charge in [0.2, 0.25) is 0 Å². The van der Waals surface area contributed by atoms with Crippen molar-refractivity contribution in [2.45, 2.75) is 20.3 Å². The van der Waals surface area contributed by atoms with Crippen LogP contribution >= 0.6 is 0 Å². The van der Waals surface area contributed by atoms with Gasteiger partial charge in [0.1, 0.15) is 17.4 Å². The summed E-state index contributed by atoms with van der Waals surface area (Å²) in [5.41, 5.74) is 5.84. The Morgan fingerprint density at radius 3 is 2.69 bits per heavy atom. The molecular weight excluding hydrogens is 400 g/mol. The second kappa shape index (κ2) is 8.86. The highest BCUT2D eigenvalue weighted by atomic mass is 16.3. The Hall–Kier alpha value is -4.24. The molecule has 0 saturated carbocycles. The lowest BCUT2D eigenvalue weighted by molar-refractivity contribution is -0.117. The first-order valence-corrected chi connectivity index (χ1v) is 10.4. The molecule has 0 aliphatic rings. The molecule has 0 spiro atoms. The van der Waals surface area contributed by atoms with E-state index in [1.165, 1.54) is 0 Å². The minimum Gasteiger partial charge on any atom is -0.508 e. The predicted octanol–water partition coefficient (Wildman–Crippen LogP) is 4.55. The van der Waals surface area contributed by atoms with Crippen LogP contribution in [0.4, 0.5) is 0 Å². The number of nitriles is 1. The van der Waals surface area contributed by atoms with Crippen molar-refractivity contribution in [3.63, 3.8) is 0 Å². The molecule has 6 nitrogen and oxygen atoms in total. The number of aromatic nitrogens is 2. The van der Waals surface area contributed by atoms with Crippen LogP contribution in [0.3, 0.4) is 0 Å². The first-order chi connectivity index (χ1) is 15.5. The van der Waals surface area contributed by atoms with Crippen molar-refractivity contribution in [3.8, 4) is 17.5 Å². The van der Waals surface area contributed by atoms with Crippen LogP contribution in [0.1, 0.15) is 22.5 Å². The van der Waals surface area contributed by atoms with Crippen LogP contribution in [0.5, 0.6) is 5.75 Å². The number of nitrogens with zero attached hydrogens (tertiary/aromatic N) is 2. The summed E-state index contributed by atoms with van der Waals surface area (Å²) in [4.78, 5) is 15.9. The van der Waals surface area contributed by atoms with Crippen molar-refractivity contribution in [2.24, 2.45) is 0 Å². The third-order valence-corrected chi connectivity index (χ3v) is 5.60. The Labute approximate surface area is 186 Å². The summed E-state index contributed by atoms with van der Waals surface area (Å²) >= 11 is 0. The zero-order valence-corrected chi connectivity index (χ0v) is 18.0. The summed E-state index contributed by atoms with van der Waals surface area (Å²) in [5, 5.41) is 23.1. The van der Waals surface area contributed by atoms with Gasteiger partial charge in [-0.2, -0.15) is 5.26 Å². The Balaban J connectivity index is 1.49. The topological polar surface area (TPSA) is 93.8 Å². The summed E-state index contributed by atoms with van der Waals surface area (Å²) in [6.45, 7) is 4.34. The van der Waals surface area contributed by atoms with Crippen LogP contribution in [0.15, 0.2) is 66.4 Å². The van der Waals surface area contributed by atoms with Crippen LogP contribution in [0.2, 0.25) is 0 Å². The first kappa shape index (κ1) is 21.0. The third kappa shape index (κ3) is 4.14. The molecule has 160 valence electrons. The number of H-pyrrole nitrogens is 1. The van der Waals surface area contributed by atoms with Crippen molar-refractivity contribution in [2.75, 3.05) is 6.54 Å². The number of aromatic amines is 1. The van der Waals surface area contributed by atoms with E-state index in [0.717, 1.165) is 39.1 Å². The summed E-state index contributed by atoms with van der Waals surface area (Å²) in [6.07, 6.45) is 4.25. The molecule has 0 bridgehead atoms. The van der Waals surface area contributed by atoms with Crippen LogP contribution in [-0.4, -0.2) is 27.1 Å². The Bertz CT molecular complexity index is 1350. The van der Waals surface area contributed by atoms with E-state index >= 15 is 0 Å². The average Bonchev–Trinajstić information content (AvgIpc) is 3.33. The molecule has 0 unspecified atom stereocenters. The normalized spacial score (nSPS) is 11.5. The molecule has 2 heterocycles. The molecule has 0 saturated heterocycles. The molecule has 0 atom stereocenters. The molecular formula is C26H24N4O2. The molecule has 2 aromatic carbocycles. The maximum Gasteiger partial charge on any atom is 0.261 e. The molecule has 4 rings (SSSR count). The number of rotatable bonds is 6. The van der Waals surface area contributed by atoms with Gasteiger partial charge >= 0.3 is 0 Å². The van der Waals surface area contributed by atoms with Crippen molar-refractivity contribution < 1.29 is 9.90 Å². The largest absolute Gasteiger partial charge is 0.508 e. The lowest BCUT2D eigenvalue weighted by atomic mass is 10.1. The van der Waals surface area contributed by atoms with Gasteiger partial charge in [-0.05, 0) is 73.9 Å². The highest BCUT2D eigenvalue weighted by molar-refractivity contribution is 6.01. The van der Waals surface area contributed by atoms with E-state index in [0.29, 0.717) is 13.0 Å². The van der Waals surface area contributed by atoms with Gasteiger partial charge in [0, 0.05) is 40.7 Å². The number of carbonyl (C=O) groups excluding carboxylic acids is 1. The zero-order chi connectivity index (χ0) is 22.7. The number of carbonyl (C=O) groups is 1. The number of hydrogen-bond donors (Lipinski definition) is 3. The van der Waals surface area contributed by atoms with E-state index in [4.69, 9.17) is 0 Å². The number of nitrogens with one attached hydrogen (secondary N) is 2. The smallest absolute Gasteiger partial charge is 0.261 e. The number of aromatic hydroxyl groups is 1. The standard InChI is InChI=1S/C26H24N4O2/c1-17-13-20(18(2)30(17)22-7-9-23(31)10-8-22)14-21(15-27)26(32)28-12-11-19-16-29-25-6-4-3-5-24(19)25/h3-10,13-14,16,29,31H,11-12H2,1-2H3,(H,28,32). The Morgan fingerprint density at radius 1 is 1.19 bits per heavy atom. The number of fused-ring (bicyclic) bond motifs is 1. The lowest BCUT2D eigenvalue weighted by Gasteiger charge is -2.09. The van der Waals surface area contributed by atoms with Crippen LogP contribution in [0, 0.1) is 25.2 Å². The van der Waals surface area contributed by atoms with Crippen molar-refractivity contribution in [1.82, 2.24) is 14.9 Å². The maximum absolute atomic E-state index is 12.6. The van der Waals surface area contributed by atoms with Gasteiger partial charge in [-0.3, -0.25) is 4.79 Å². The van der Waals surface area contributed by atoms with Crippen molar-refractivity contribution in [3.05, 3.63) is 88.9 Å². The molecule has 2 aromatic heterocycles. The molecule has 6 heteroatoms. The Morgan fingerprint density at radius 2 is 1.94 bits per heavy atom. The van der Waals surface area contributed by atoms with Gasteiger partial charge in [0.05, 0.1) is 0 Å². The van der Waals surface area contributed by atoms with E-state index in [-0.39, 0.29) is 17.2 Å². The fraction of sp³-hybridized carbons (Fsp3) is 0.154. The van der Waals surface area contributed by atoms with E-state index in [9.17, 15) is 15.2 Å². The summed E-state index contributed by atoms with van der Waals surface area (Å²) < 4.78 is 2.02. The van der Waals surface area contributed by atoms with Gasteiger partial charge in [0.15, 0.2) is 0 Å². The molecule has 4 aromatic rings. The highest BCUT2D eigenvalue weighted by Crippen LogP contribution is 2.24. The molecule has 0 aliphatic heterocycles. The second-order valence-electron chi connectivity index (χ2n) is 7.71. The van der Waals surface area contributed by atoms with Gasteiger partial charge in [-0.1, -0.05) is 18.2 Å². The van der Waals surface area contributed by atoms with E-state index in [1.54, 1.807) is 18.2 Å². The second-order valence-corrected chi connectivity index (χ2v) is 7.71. The fourth-order valence-corrected chi connectivity index (χ4v) is 3.98. The van der Waals surface area contributed by atoms with Gasteiger partial charge in [-0.25, -0.2) is 0 Å².